The zero-order chi connectivity index (χ0) is 10.8. The van der Waals surface area contributed by atoms with Gasteiger partial charge < -0.3 is 9.55 Å². The van der Waals surface area contributed by atoms with E-state index in [1.807, 2.05) is 10.8 Å². The third-order valence-corrected chi connectivity index (χ3v) is 2.48. The van der Waals surface area contributed by atoms with Crippen LogP contribution in [0.4, 0.5) is 0 Å². The molecular weight excluding hydrogens is 204 g/mol. The van der Waals surface area contributed by atoms with Gasteiger partial charge in [0.15, 0.2) is 5.65 Å². The Morgan fingerprint density at radius 1 is 1.19 bits per heavy atom. The van der Waals surface area contributed by atoms with Crippen molar-refractivity contribution in [2.45, 2.75) is 13.0 Å². The number of nitrogens with one attached hydrogen (secondary N) is 1. The van der Waals surface area contributed by atoms with Crippen molar-refractivity contribution in [3.63, 3.8) is 0 Å². The van der Waals surface area contributed by atoms with E-state index in [2.05, 4.69) is 24.9 Å². The first-order chi connectivity index (χ1) is 7.93. The van der Waals surface area contributed by atoms with E-state index in [1.54, 1.807) is 18.9 Å². The molecule has 0 spiro atoms. The lowest BCUT2D eigenvalue weighted by Gasteiger charge is -2.01. The summed E-state index contributed by atoms with van der Waals surface area (Å²) < 4.78 is 2.04. The fraction of sp³-hybridized carbons (Fsp3) is 0.200. The molecule has 3 aromatic heterocycles. The first-order valence-electron chi connectivity index (χ1n) is 5.01. The topological polar surface area (TPSA) is 72.3 Å². The second-order valence-corrected chi connectivity index (χ2v) is 3.50. The zero-order valence-corrected chi connectivity index (χ0v) is 8.54. The van der Waals surface area contributed by atoms with E-state index < -0.39 is 0 Å². The van der Waals surface area contributed by atoms with Crippen molar-refractivity contribution in [2.24, 2.45) is 0 Å². The normalized spacial score (nSPS) is 11.0. The standard InChI is InChI=1S/C10H10N6/c1(8-3-11-5-13-8)2-16-7-15-10-9(16)4-12-6-14-10/h3-7H,1-2H2,(H,11,13). The van der Waals surface area contributed by atoms with Crippen LogP contribution in [-0.4, -0.2) is 29.5 Å². The summed E-state index contributed by atoms with van der Waals surface area (Å²) in [6, 6.07) is 0. The summed E-state index contributed by atoms with van der Waals surface area (Å²) in [5.74, 6) is 0. The van der Waals surface area contributed by atoms with E-state index in [0.717, 1.165) is 29.8 Å². The summed E-state index contributed by atoms with van der Waals surface area (Å²) in [5.41, 5.74) is 2.81. The van der Waals surface area contributed by atoms with Crippen LogP contribution in [-0.2, 0) is 13.0 Å². The van der Waals surface area contributed by atoms with E-state index >= 15 is 0 Å². The molecular formula is C10H10N6. The monoisotopic (exact) mass is 214 g/mol. The number of fused-ring (bicyclic) bond motifs is 1. The van der Waals surface area contributed by atoms with Gasteiger partial charge in [-0.1, -0.05) is 0 Å². The molecule has 80 valence electrons. The summed E-state index contributed by atoms with van der Waals surface area (Å²) in [6.07, 6.45) is 9.48. The van der Waals surface area contributed by atoms with Crippen LogP contribution in [0.1, 0.15) is 5.69 Å². The minimum atomic E-state index is 0.736. The van der Waals surface area contributed by atoms with Gasteiger partial charge in [0.2, 0.25) is 0 Å². The van der Waals surface area contributed by atoms with Crippen molar-refractivity contribution in [1.82, 2.24) is 29.5 Å². The second-order valence-electron chi connectivity index (χ2n) is 3.50. The van der Waals surface area contributed by atoms with E-state index in [-0.39, 0.29) is 0 Å². The number of aromatic amines is 1. The van der Waals surface area contributed by atoms with Crippen LogP contribution >= 0.6 is 0 Å². The van der Waals surface area contributed by atoms with Gasteiger partial charge in [-0.25, -0.2) is 19.9 Å². The molecule has 0 bridgehead atoms. The molecule has 0 amide bonds. The van der Waals surface area contributed by atoms with E-state index in [1.165, 1.54) is 6.33 Å². The Morgan fingerprint density at radius 2 is 2.19 bits per heavy atom. The lowest BCUT2D eigenvalue weighted by atomic mass is 10.3. The van der Waals surface area contributed by atoms with Gasteiger partial charge in [-0.3, -0.25) is 0 Å². The van der Waals surface area contributed by atoms with Crippen molar-refractivity contribution in [3.05, 3.63) is 37.1 Å². The summed E-state index contributed by atoms with van der Waals surface area (Å²) in [7, 11) is 0. The average Bonchev–Trinajstić information content (AvgIpc) is 2.96. The van der Waals surface area contributed by atoms with Crippen molar-refractivity contribution < 1.29 is 0 Å². The molecule has 16 heavy (non-hydrogen) atoms. The first-order valence-corrected chi connectivity index (χ1v) is 5.01. The predicted octanol–water partition coefficient (Wildman–Crippen LogP) is 0.792. The highest BCUT2D eigenvalue weighted by molar-refractivity contribution is 5.68. The number of hydrogen-bond donors (Lipinski definition) is 1. The van der Waals surface area contributed by atoms with Crippen LogP contribution < -0.4 is 0 Å². The van der Waals surface area contributed by atoms with Crippen molar-refractivity contribution in [1.29, 1.82) is 0 Å². The fourth-order valence-electron chi connectivity index (χ4n) is 1.64. The molecule has 1 N–H and O–H groups in total. The van der Waals surface area contributed by atoms with Gasteiger partial charge in [-0.05, 0) is 0 Å². The molecule has 6 nitrogen and oxygen atoms in total. The van der Waals surface area contributed by atoms with Crippen LogP contribution in [0, 0.1) is 0 Å². The molecule has 0 aromatic carbocycles. The number of H-pyrrole nitrogens is 1. The third-order valence-electron chi connectivity index (χ3n) is 2.48. The number of aryl methyl sites for hydroxylation is 2. The Hall–Kier alpha value is -2.24. The molecule has 0 saturated heterocycles. The maximum Gasteiger partial charge on any atom is 0.180 e. The molecule has 0 atom stereocenters. The van der Waals surface area contributed by atoms with Gasteiger partial charge in [-0.15, -0.1) is 0 Å². The average molecular weight is 214 g/mol. The molecule has 0 saturated carbocycles. The van der Waals surface area contributed by atoms with Gasteiger partial charge in [0.05, 0.1) is 18.9 Å². The smallest absolute Gasteiger partial charge is 0.180 e. The quantitative estimate of drug-likeness (QED) is 0.699. The molecule has 0 unspecified atom stereocenters. The number of rotatable bonds is 3. The molecule has 3 rings (SSSR count). The molecule has 6 heteroatoms. The van der Waals surface area contributed by atoms with Gasteiger partial charge in [0, 0.05) is 24.9 Å². The summed E-state index contributed by atoms with van der Waals surface area (Å²) in [4.78, 5) is 19.3. The SMILES string of the molecule is c1ncc2c(n1)ncn2CCc1cnc[nH]1. The highest BCUT2D eigenvalue weighted by atomic mass is 15.1. The maximum atomic E-state index is 4.20. The van der Waals surface area contributed by atoms with E-state index in [9.17, 15) is 0 Å². The largest absolute Gasteiger partial charge is 0.348 e. The first kappa shape index (κ1) is 9.02. The number of imidazole rings is 2. The Kier molecular flexibility index (Phi) is 2.10. The molecule has 0 fully saturated rings. The van der Waals surface area contributed by atoms with Gasteiger partial charge in [0.25, 0.3) is 0 Å². The molecule has 3 aromatic rings. The van der Waals surface area contributed by atoms with Crippen molar-refractivity contribution in [3.8, 4) is 0 Å². The lowest BCUT2D eigenvalue weighted by Crippen LogP contribution is -2.00. The fourth-order valence-corrected chi connectivity index (χ4v) is 1.64. The Labute approximate surface area is 91.4 Å². The second kappa shape index (κ2) is 3.73. The van der Waals surface area contributed by atoms with Crippen LogP contribution in [0.2, 0.25) is 0 Å². The van der Waals surface area contributed by atoms with Crippen LogP contribution in [0.25, 0.3) is 11.2 Å². The van der Waals surface area contributed by atoms with Crippen LogP contribution in [0.15, 0.2) is 31.4 Å². The van der Waals surface area contributed by atoms with Gasteiger partial charge >= 0.3 is 0 Å². The lowest BCUT2D eigenvalue weighted by molar-refractivity contribution is 0.705. The summed E-state index contributed by atoms with van der Waals surface area (Å²) >= 11 is 0. The Morgan fingerprint density at radius 3 is 3.06 bits per heavy atom. The highest BCUT2D eigenvalue weighted by Gasteiger charge is 2.03. The minimum absolute atomic E-state index is 0.736. The van der Waals surface area contributed by atoms with Crippen LogP contribution in [0.5, 0.6) is 0 Å². The highest BCUT2D eigenvalue weighted by Crippen LogP contribution is 2.08. The summed E-state index contributed by atoms with van der Waals surface area (Å²) in [5, 5.41) is 0. The predicted molar refractivity (Wildman–Crippen MR) is 57.6 cm³/mol. The molecule has 0 aliphatic heterocycles. The molecule has 0 aliphatic rings. The third kappa shape index (κ3) is 1.54. The number of aromatic nitrogens is 6. The summed E-state index contributed by atoms with van der Waals surface area (Å²) in [6.45, 7) is 0.839. The Balaban J connectivity index is 1.84. The number of nitrogens with zero attached hydrogens (tertiary/aromatic N) is 5. The maximum absolute atomic E-state index is 4.20. The van der Waals surface area contributed by atoms with Gasteiger partial charge in [0.1, 0.15) is 11.8 Å². The molecule has 0 radical (unpaired) electrons. The Bertz CT molecular complexity index is 582. The van der Waals surface area contributed by atoms with Crippen molar-refractivity contribution in [2.75, 3.05) is 0 Å². The van der Waals surface area contributed by atoms with Crippen LogP contribution in [0.3, 0.4) is 0 Å². The number of hydrogen-bond acceptors (Lipinski definition) is 4. The van der Waals surface area contributed by atoms with E-state index in [0.29, 0.717) is 0 Å². The van der Waals surface area contributed by atoms with E-state index in [4.69, 9.17) is 0 Å². The molecule has 0 aliphatic carbocycles. The zero-order valence-electron chi connectivity index (χ0n) is 8.54. The molecule has 3 heterocycles. The van der Waals surface area contributed by atoms with Crippen molar-refractivity contribution >= 4 is 11.2 Å². The van der Waals surface area contributed by atoms with Gasteiger partial charge in [-0.2, -0.15) is 0 Å². The minimum Gasteiger partial charge on any atom is -0.348 e.